The van der Waals surface area contributed by atoms with Gasteiger partial charge < -0.3 is 10.6 Å². The van der Waals surface area contributed by atoms with E-state index in [4.69, 9.17) is 10.6 Å². The third-order valence-electron chi connectivity index (χ3n) is 3.80. The van der Waals surface area contributed by atoms with E-state index < -0.39 is 0 Å². The number of rotatable bonds is 5. The normalized spacial score (nSPS) is 18.9. The van der Waals surface area contributed by atoms with Crippen LogP contribution in [-0.2, 0) is 17.7 Å². The molecule has 21 heavy (non-hydrogen) atoms. The Labute approximate surface area is 125 Å². The fourth-order valence-corrected chi connectivity index (χ4v) is 2.63. The molecule has 2 atom stereocenters. The van der Waals surface area contributed by atoms with E-state index in [9.17, 15) is 0 Å². The smallest absolute Gasteiger partial charge is 0.148 e. The molecule has 0 fully saturated rings. The van der Waals surface area contributed by atoms with Crippen LogP contribution in [0, 0.1) is 0 Å². The monoisotopic (exact) mass is 280 g/mol. The van der Waals surface area contributed by atoms with Crippen LogP contribution in [0.4, 0.5) is 0 Å². The third kappa shape index (κ3) is 3.70. The first kappa shape index (κ1) is 13.8. The lowest BCUT2D eigenvalue weighted by Gasteiger charge is -2.17. The Morgan fingerprint density at radius 3 is 2.29 bits per heavy atom. The Morgan fingerprint density at radius 2 is 1.62 bits per heavy atom. The third-order valence-corrected chi connectivity index (χ3v) is 3.80. The minimum atomic E-state index is -0.0237. The lowest BCUT2D eigenvalue weighted by atomic mass is 9.97. The van der Waals surface area contributed by atoms with Crippen molar-refractivity contribution in [3.05, 3.63) is 71.8 Å². The first-order valence-corrected chi connectivity index (χ1v) is 7.36. The van der Waals surface area contributed by atoms with E-state index in [1.54, 1.807) is 0 Å². The van der Waals surface area contributed by atoms with Gasteiger partial charge in [-0.1, -0.05) is 65.8 Å². The molecule has 1 aliphatic heterocycles. The van der Waals surface area contributed by atoms with Crippen molar-refractivity contribution in [1.82, 2.24) is 0 Å². The molecule has 0 amide bonds. The molecule has 3 rings (SSSR count). The summed E-state index contributed by atoms with van der Waals surface area (Å²) < 4.78 is 0. The molecule has 1 heterocycles. The second kappa shape index (κ2) is 6.55. The van der Waals surface area contributed by atoms with Crippen LogP contribution in [0.1, 0.15) is 17.5 Å². The van der Waals surface area contributed by atoms with Crippen LogP contribution < -0.4 is 5.73 Å². The molecule has 3 heteroatoms. The summed E-state index contributed by atoms with van der Waals surface area (Å²) in [5.74, 6) is 0. The van der Waals surface area contributed by atoms with Crippen molar-refractivity contribution in [3.8, 4) is 0 Å². The lowest BCUT2D eigenvalue weighted by molar-refractivity contribution is 0.0659. The molecule has 0 bridgehead atoms. The van der Waals surface area contributed by atoms with Crippen LogP contribution in [0.2, 0.25) is 0 Å². The summed E-state index contributed by atoms with van der Waals surface area (Å²) in [6, 6.07) is 20.6. The summed E-state index contributed by atoms with van der Waals surface area (Å²) in [6.45, 7) is 0. The Kier molecular flexibility index (Phi) is 4.31. The maximum Gasteiger partial charge on any atom is 0.148 e. The molecule has 0 spiro atoms. The van der Waals surface area contributed by atoms with Crippen molar-refractivity contribution in [3.63, 3.8) is 0 Å². The SMILES string of the molecule is N[C@@H](Cc1ccccc1)[C@@H]1CC(Cc2ccccc2)=NO1. The largest absolute Gasteiger partial charge is 0.390 e. The van der Waals surface area contributed by atoms with Crippen molar-refractivity contribution >= 4 is 5.71 Å². The highest BCUT2D eigenvalue weighted by Gasteiger charge is 2.27. The summed E-state index contributed by atoms with van der Waals surface area (Å²) >= 11 is 0. The average molecular weight is 280 g/mol. The van der Waals surface area contributed by atoms with Crippen LogP contribution in [0.3, 0.4) is 0 Å². The molecule has 0 aromatic heterocycles. The summed E-state index contributed by atoms with van der Waals surface area (Å²) in [6.07, 6.45) is 2.47. The van der Waals surface area contributed by atoms with Crippen molar-refractivity contribution in [1.29, 1.82) is 0 Å². The molecule has 0 saturated carbocycles. The summed E-state index contributed by atoms with van der Waals surface area (Å²) in [7, 11) is 0. The minimum Gasteiger partial charge on any atom is -0.390 e. The number of hydrogen-bond donors (Lipinski definition) is 1. The topological polar surface area (TPSA) is 47.6 Å². The van der Waals surface area contributed by atoms with Gasteiger partial charge in [0, 0.05) is 18.9 Å². The zero-order valence-corrected chi connectivity index (χ0v) is 12.0. The molecular formula is C18H20N2O. The Morgan fingerprint density at radius 1 is 1.00 bits per heavy atom. The second-order valence-corrected chi connectivity index (χ2v) is 5.52. The molecule has 0 aliphatic carbocycles. The highest BCUT2D eigenvalue weighted by molar-refractivity contribution is 5.87. The fraction of sp³-hybridized carbons (Fsp3) is 0.278. The fourth-order valence-electron chi connectivity index (χ4n) is 2.63. The number of nitrogens with two attached hydrogens (primary N) is 1. The highest BCUT2D eigenvalue weighted by atomic mass is 16.6. The molecule has 0 radical (unpaired) electrons. The van der Waals surface area contributed by atoms with E-state index in [1.165, 1.54) is 11.1 Å². The van der Waals surface area contributed by atoms with Gasteiger partial charge in [-0.05, 0) is 17.5 Å². The van der Waals surface area contributed by atoms with Gasteiger partial charge in [-0.2, -0.15) is 0 Å². The number of benzene rings is 2. The van der Waals surface area contributed by atoms with Crippen molar-refractivity contribution in [2.45, 2.75) is 31.4 Å². The Hall–Kier alpha value is -2.13. The molecule has 2 N–H and O–H groups in total. The van der Waals surface area contributed by atoms with Crippen molar-refractivity contribution < 1.29 is 4.84 Å². The first-order chi connectivity index (χ1) is 10.3. The van der Waals surface area contributed by atoms with E-state index >= 15 is 0 Å². The van der Waals surface area contributed by atoms with E-state index in [0.717, 1.165) is 25.0 Å². The van der Waals surface area contributed by atoms with E-state index in [0.29, 0.717) is 0 Å². The maximum atomic E-state index is 6.27. The van der Waals surface area contributed by atoms with Gasteiger partial charge in [0.1, 0.15) is 6.10 Å². The van der Waals surface area contributed by atoms with Gasteiger partial charge in [0.15, 0.2) is 0 Å². The van der Waals surface area contributed by atoms with Crippen LogP contribution in [0.25, 0.3) is 0 Å². The van der Waals surface area contributed by atoms with Gasteiger partial charge in [0.25, 0.3) is 0 Å². The molecule has 2 aromatic rings. The molecule has 0 saturated heterocycles. The first-order valence-electron chi connectivity index (χ1n) is 7.36. The Bertz CT molecular complexity index is 595. The van der Waals surface area contributed by atoms with Crippen LogP contribution in [-0.4, -0.2) is 17.9 Å². The van der Waals surface area contributed by atoms with Crippen molar-refractivity contribution in [2.75, 3.05) is 0 Å². The van der Waals surface area contributed by atoms with Crippen LogP contribution in [0.5, 0.6) is 0 Å². The summed E-state index contributed by atoms with van der Waals surface area (Å²) in [4.78, 5) is 5.53. The highest BCUT2D eigenvalue weighted by Crippen LogP contribution is 2.18. The van der Waals surface area contributed by atoms with Crippen LogP contribution in [0.15, 0.2) is 65.8 Å². The summed E-state index contributed by atoms with van der Waals surface area (Å²) in [5.41, 5.74) is 9.85. The van der Waals surface area contributed by atoms with Gasteiger partial charge in [0.05, 0.1) is 5.71 Å². The zero-order valence-electron chi connectivity index (χ0n) is 12.0. The number of hydrogen-bond acceptors (Lipinski definition) is 3. The predicted molar refractivity (Wildman–Crippen MR) is 85.2 cm³/mol. The van der Waals surface area contributed by atoms with Gasteiger partial charge in [-0.15, -0.1) is 0 Å². The second-order valence-electron chi connectivity index (χ2n) is 5.52. The van der Waals surface area contributed by atoms with Gasteiger partial charge in [0.2, 0.25) is 0 Å². The zero-order chi connectivity index (χ0) is 14.5. The van der Waals surface area contributed by atoms with E-state index in [2.05, 4.69) is 29.4 Å². The number of nitrogens with zero attached hydrogens (tertiary/aromatic N) is 1. The molecule has 1 aliphatic rings. The lowest BCUT2D eigenvalue weighted by Crippen LogP contribution is -2.36. The number of oxime groups is 1. The van der Waals surface area contributed by atoms with Gasteiger partial charge in [-0.25, -0.2) is 0 Å². The maximum absolute atomic E-state index is 6.27. The molecule has 0 unspecified atom stereocenters. The van der Waals surface area contributed by atoms with Gasteiger partial charge >= 0.3 is 0 Å². The van der Waals surface area contributed by atoms with Crippen molar-refractivity contribution in [2.24, 2.45) is 10.9 Å². The average Bonchev–Trinajstić information content (AvgIpc) is 2.98. The quantitative estimate of drug-likeness (QED) is 0.915. The Balaban J connectivity index is 1.53. The van der Waals surface area contributed by atoms with Crippen LogP contribution >= 0.6 is 0 Å². The molecule has 3 nitrogen and oxygen atoms in total. The molecular weight excluding hydrogens is 260 g/mol. The van der Waals surface area contributed by atoms with E-state index in [-0.39, 0.29) is 12.1 Å². The van der Waals surface area contributed by atoms with E-state index in [1.807, 2.05) is 36.4 Å². The standard InChI is InChI=1S/C18H20N2O/c19-17(12-15-9-5-2-6-10-15)18-13-16(20-21-18)11-14-7-3-1-4-8-14/h1-10,17-18H,11-13,19H2/t17-,18-/m0/s1. The molecule has 2 aromatic carbocycles. The van der Waals surface area contributed by atoms with Gasteiger partial charge in [-0.3, -0.25) is 0 Å². The summed E-state index contributed by atoms with van der Waals surface area (Å²) in [5, 5.41) is 4.21. The minimum absolute atomic E-state index is 0.0103. The molecule has 108 valence electrons. The predicted octanol–water partition coefficient (Wildman–Crippen LogP) is 2.94.